The van der Waals surface area contributed by atoms with Crippen LogP contribution in [0.2, 0.25) is 0 Å². The normalized spacial score (nSPS) is 24.4. The van der Waals surface area contributed by atoms with Crippen molar-refractivity contribution >= 4 is 0 Å². The largest absolute Gasteiger partial charge is 0.374 e. The van der Waals surface area contributed by atoms with Crippen molar-refractivity contribution in [2.45, 2.75) is 44.4 Å². The molecule has 0 spiro atoms. The molecule has 180 valence electrons. The van der Waals surface area contributed by atoms with E-state index in [2.05, 4.69) is 4.98 Å². The van der Waals surface area contributed by atoms with Crippen LogP contribution < -0.4 is 11.2 Å². The topological polar surface area (TPSA) is 112 Å². The number of benzene rings is 2. The Morgan fingerprint density at radius 2 is 1.65 bits per heavy atom. The van der Waals surface area contributed by atoms with Gasteiger partial charge in [-0.3, -0.25) is 14.3 Å². The van der Waals surface area contributed by atoms with E-state index in [1.807, 2.05) is 60.7 Å². The second kappa shape index (κ2) is 10.5. The average Bonchev–Trinajstić information content (AvgIpc) is 3.13. The number of H-pyrrole nitrogens is 1. The molecule has 3 aromatic rings. The number of aliphatic hydroxyl groups is 1. The summed E-state index contributed by atoms with van der Waals surface area (Å²) in [5.41, 5.74) is 0.942. The van der Waals surface area contributed by atoms with E-state index >= 15 is 0 Å². The quantitative estimate of drug-likeness (QED) is 0.461. The number of methoxy groups -OCH3 is 1. The lowest BCUT2D eigenvalue weighted by Crippen LogP contribution is -2.52. The molecule has 2 heterocycles. The molecule has 0 amide bonds. The van der Waals surface area contributed by atoms with Crippen LogP contribution >= 0.6 is 0 Å². The Balaban J connectivity index is 1.61. The molecule has 1 saturated heterocycles. The van der Waals surface area contributed by atoms with Gasteiger partial charge in [0.25, 0.3) is 5.56 Å². The highest BCUT2D eigenvalue weighted by atomic mass is 16.7. The number of nitrogens with zero attached hydrogens (tertiary/aromatic N) is 1. The monoisotopic (exact) mass is 468 g/mol. The van der Waals surface area contributed by atoms with Gasteiger partial charge >= 0.3 is 5.69 Å². The Hall–Kier alpha value is -3.08. The molecule has 0 saturated carbocycles. The van der Waals surface area contributed by atoms with E-state index in [9.17, 15) is 14.7 Å². The van der Waals surface area contributed by atoms with Gasteiger partial charge in [0.2, 0.25) is 5.79 Å². The molecule has 4 atom stereocenters. The van der Waals surface area contributed by atoms with E-state index in [-0.39, 0.29) is 13.2 Å². The minimum Gasteiger partial charge on any atom is -0.374 e. The van der Waals surface area contributed by atoms with Gasteiger partial charge < -0.3 is 24.1 Å². The lowest BCUT2D eigenvalue weighted by atomic mass is 10.1. The van der Waals surface area contributed by atoms with Crippen molar-refractivity contribution in [2.24, 2.45) is 0 Å². The summed E-state index contributed by atoms with van der Waals surface area (Å²) in [6, 6.07) is 18.9. The Morgan fingerprint density at radius 3 is 2.26 bits per heavy atom. The Bertz CT molecular complexity index is 1200. The van der Waals surface area contributed by atoms with Crippen molar-refractivity contribution in [3.05, 3.63) is 104 Å². The predicted molar refractivity (Wildman–Crippen MR) is 123 cm³/mol. The van der Waals surface area contributed by atoms with Gasteiger partial charge in [-0.15, -0.1) is 0 Å². The van der Waals surface area contributed by atoms with Gasteiger partial charge in [-0.25, -0.2) is 4.79 Å². The van der Waals surface area contributed by atoms with Crippen molar-refractivity contribution in [1.82, 2.24) is 9.55 Å². The van der Waals surface area contributed by atoms with E-state index in [1.54, 1.807) is 6.92 Å². The molecule has 1 aliphatic heterocycles. The third kappa shape index (κ3) is 5.03. The summed E-state index contributed by atoms with van der Waals surface area (Å²) in [6.45, 7) is 1.94. The molecule has 4 rings (SSSR count). The maximum Gasteiger partial charge on any atom is 0.330 e. The number of rotatable bonds is 9. The van der Waals surface area contributed by atoms with Gasteiger partial charge in [-0.2, -0.15) is 0 Å². The van der Waals surface area contributed by atoms with Crippen LogP contribution in [0.3, 0.4) is 0 Å². The molecule has 1 aromatic heterocycles. The molecule has 1 fully saturated rings. The lowest BCUT2D eigenvalue weighted by Gasteiger charge is -2.32. The molecule has 9 nitrogen and oxygen atoms in total. The van der Waals surface area contributed by atoms with Crippen LogP contribution in [-0.2, 0) is 32.2 Å². The Kier molecular flexibility index (Phi) is 7.40. The molecule has 9 heteroatoms. The van der Waals surface area contributed by atoms with Gasteiger partial charge in [0.1, 0.15) is 6.10 Å². The van der Waals surface area contributed by atoms with Crippen LogP contribution in [-0.4, -0.2) is 46.4 Å². The van der Waals surface area contributed by atoms with Crippen LogP contribution in [0.25, 0.3) is 0 Å². The number of aryl methyl sites for hydroxylation is 1. The smallest absolute Gasteiger partial charge is 0.330 e. The summed E-state index contributed by atoms with van der Waals surface area (Å²) in [6.07, 6.45) is -1.74. The van der Waals surface area contributed by atoms with E-state index in [0.717, 1.165) is 11.1 Å². The molecule has 2 aromatic carbocycles. The number of aromatic nitrogens is 2. The average molecular weight is 469 g/mol. The highest BCUT2D eigenvalue weighted by Gasteiger charge is 2.59. The first-order valence-corrected chi connectivity index (χ1v) is 10.9. The summed E-state index contributed by atoms with van der Waals surface area (Å²) in [4.78, 5) is 26.7. The highest BCUT2D eigenvalue weighted by molar-refractivity contribution is 5.15. The second-order valence-electron chi connectivity index (χ2n) is 8.18. The van der Waals surface area contributed by atoms with Gasteiger partial charge in [0, 0.05) is 18.9 Å². The first-order valence-electron chi connectivity index (χ1n) is 10.9. The number of hydrogen-bond donors (Lipinski definition) is 2. The Labute approximate surface area is 196 Å². The zero-order chi connectivity index (χ0) is 24.1. The molecule has 0 bridgehead atoms. The van der Waals surface area contributed by atoms with E-state index in [1.165, 1.54) is 17.9 Å². The van der Waals surface area contributed by atoms with Crippen LogP contribution in [0, 0.1) is 6.92 Å². The van der Waals surface area contributed by atoms with Crippen LogP contribution in [0.1, 0.15) is 22.9 Å². The fraction of sp³-hybridized carbons (Fsp3) is 0.360. The zero-order valence-electron chi connectivity index (χ0n) is 19.0. The van der Waals surface area contributed by atoms with Crippen LogP contribution in [0.4, 0.5) is 0 Å². The number of nitrogens with one attached hydrogen (secondary N) is 1. The third-order valence-corrected chi connectivity index (χ3v) is 5.80. The third-order valence-electron chi connectivity index (χ3n) is 5.80. The molecular formula is C25H28N2O7. The van der Waals surface area contributed by atoms with E-state index in [0.29, 0.717) is 12.2 Å². The molecule has 0 unspecified atom stereocenters. The fourth-order valence-electron chi connectivity index (χ4n) is 3.96. The number of aromatic amines is 1. The van der Waals surface area contributed by atoms with E-state index < -0.39 is 35.5 Å². The van der Waals surface area contributed by atoms with Crippen molar-refractivity contribution in [3.8, 4) is 0 Å². The summed E-state index contributed by atoms with van der Waals surface area (Å²) >= 11 is 0. The van der Waals surface area contributed by atoms with Crippen molar-refractivity contribution in [3.63, 3.8) is 0 Å². The summed E-state index contributed by atoms with van der Waals surface area (Å²) in [5, 5.41) is 11.7. The zero-order valence-corrected chi connectivity index (χ0v) is 19.0. The number of ether oxygens (including phenoxy) is 4. The van der Waals surface area contributed by atoms with E-state index in [4.69, 9.17) is 18.9 Å². The van der Waals surface area contributed by atoms with Crippen molar-refractivity contribution < 1.29 is 24.1 Å². The van der Waals surface area contributed by atoms with Crippen molar-refractivity contribution in [1.29, 1.82) is 0 Å². The lowest BCUT2D eigenvalue weighted by molar-refractivity contribution is -0.278. The highest BCUT2D eigenvalue weighted by Crippen LogP contribution is 2.40. The maximum absolute atomic E-state index is 12.6. The summed E-state index contributed by atoms with van der Waals surface area (Å²) in [5.74, 6) is -1.94. The molecule has 1 aliphatic rings. The standard InChI is InChI=1S/C25H28N2O7/c1-17-13-27(24(29)26-22(17)28)23-21(31-2)25(30,33-15-19-11-7-4-8-12-19)20(34-23)16-32-14-18-9-5-3-6-10-18/h3-13,20-21,23,30H,14-16H2,1-2H3,(H,26,28,29)/t20-,21-,23-,25-/m1/s1. The van der Waals surface area contributed by atoms with Gasteiger partial charge in [-0.1, -0.05) is 60.7 Å². The summed E-state index contributed by atoms with van der Waals surface area (Å²) in [7, 11) is 1.40. The molecule has 2 N–H and O–H groups in total. The first kappa shape index (κ1) is 24.1. The first-order chi connectivity index (χ1) is 16.4. The minimum atomic E-state index is -1.94. The molecule has 0 aliphatic carbocycles. The Morgan fingerprint density at radius 1 is 1.03 bits per heavy atom. The van der Waals surface area contributed by atoms with Crippen molar-refractivity contribution in [2.75, 3.05) is 13.7 Å². The van der Waals surface area contributed by atoms with Gasteiger partial charge in [-0.05, 0) is 18.1 Å². The van der Waals surface area contributed by atoms with Gasteiger partial charge in [0.15, 0.2) is 12.3 Å². The molecule has 0 radical (unpaired) electrons. The number of hydrogen-bond acceptors (Lipinski definition) is 7. The maximum atomic E-state index is 12.6. The van der Waals surface area contributed by atoms with Crippen LogP contribution in [0.5, 0.6) is 0 Å². The molecule has 34 heavy (non-hydrogen) atoms. The van der Waals surface area contributed by atoms with Crippen LogP contribution in [0.15, 0.2) is 76.4 Å². The summed E-state index contributed by atoms with van der Waals surface area (Å²) < 4.78 is 24.7. The molecular weight excluding hydrogens is 440 g/mol. The predicted octanol–water partition coefficient (Wildman–Crippen LogP) is 1.88. The fourth-order valence-corrected chi connectivity index (χ4v) is 3.96. The second-order valence-corrected chi connectivity index (χ2v) is 8.18. The SMILES string of the molecule is CO[C@@H]1[C@H](n2cc(C)c(=O)[nH]c2=O)O[C@H](COCc2ccccc2)[C@@]1(O)OCc1ccccc1. The minimum absolute atomic E-state index is 0.0202. The van der Waals surface area contributed by atoms with Gasteiger partial charge in [0.05, 0.1) is 19.8 Å².